The molecule has 2 aromatic heterocycles. The van der Waals surface area contributed by atoms with Crippen molar-refractivity contribution in [3.63, 3.8) is 0 Å². The highest BCUT2D eigenvalue weighted by Crippen LogP contribution is 2.32. The van der Waals surface area contributed by atoms with E-state index in [0.29, 0.717) is 43.6 Å². The van der Waals surface area contributed by atoms with E-state index >= 15 is 0 Å². The number of hydrogen-bond donors (Lipinski definition) is 0. The average Bonchev–Trinajstić information content (AvgIpc) is 3.55. The summed E-state index contributed by atoms with van der Waals surface area (Å²) in [5.74, 6) is 0.502. The molecule has 0 spiro atoms. The van der Waals surface area contributed by atoms with E-state index in [1.165, 1.54) is 25.6 Å². The number of carbonyl (C=O) groups is 2. The van der Waals surface area contributed by atoms with Crippen LogP contribution in [0.5, 0.6) is 0 Å². The van der Waals surface area contributed by atoms with Gasteiger partial charge in [0.15, 0.2) is 4.80 Å². The summed E-state index contributed by atoms with van der Waals surface area (Å²) in [6.45, 7) is 7.86. The molecule has 0 radical (unpaired) electrons. The first-order valence-electron chi connectivity index (χ1n) is 13.1. The minimum atomic E-state index is -0.676. The van der Waals surface area contributed by atoms with Gasteiger partial charge in [-0.2, -0.15) is 0 Å². The lowest BCUT2D eigenvalue weighted by molar-refractivity contribution is -0.136. The number of aryl methyl sites for hydroxylation is 1. The third-order valence-electron chi connectivity index (χ3n) is 7.16. The van der Waals surface area contributed by atoms with Crippen molar-refractivity contribution in [3.05, 3.63) is 114 Å². The zero-order chi connectivity index (χ0) is 29.4. The van der Waals surface area contributed by atoms with Gasteiger partial charge < -0.3 is 13.9 Å². The monoisotopic (exact) mass is 570 g/mol. The number of esters is 2. The second-order valence-electron chi connectivity index (χ2n) is 10.1. The molecule has 41 heavy (non-hydrogen) atoms. The van der Waals surface area contributed by atoms with Crippen molar-refractivity contribution in [1.29, 1.82) is 0 Å². The minimum absolute atomic E-state index is 0.280. The van der Waals surface area contributed by atoms with Gasteiger partial charge in [-0.25, -0.2) is 14.6 Å². The van der Waals surface area contributed by atoms with Crippen molar-refractivity contribution in [1.82, 2.24) is 4.57 Å². The number of furan rings is 1. The van der Waals surface area contributed by atoms with Crippen LogP contribution in [0.1, 0.15) is 65.5 Å². The van der Waals surface area contributed by atoms with Gasteiger partial charge in [0.2, 0.25) is 0 Å². The van der Waals surface area contributed by atoms with E-state index in [4.69, 9.17) is 13.9 Å². The highest BCUT2D eigenvalue weighted by molar-refractivity contribution is 7.07. The topological polar surface area (TPSA) is 100 Å². The maximum Gasteiger partial charge on any atom is 0.338 e. The molecule has 2 aromatic carbocycles. The van der Waals surface area contributed by atoms with E-state index in [2.05, 4.69) is 18.8 Å². The van der Waals surface area contributed by atoms with Crippen LogP contribution < -0.4 is 14.9 Å². The van der Waals surface area contributed by atoms with Crippen LogP contribution in [-0.4, -0.2) is 30.7 Å². The lowest BCUT2D eigenvalue weighted by atomic mass is 9.93. The van der Waals surface area contributed by atoms with Gasteiger partial charge in [0.1, 0.15) is 11.5 Å². The van der Waals surface area contributed by atoms with Gasteiger partial charge in [0, 0.05) is 11.6 Å². The van der Waals surface area contributed by atoms with E-state index in [1.54, 1.807) is 41.8 Å². The van der Waals surface area contributed by atoms with Crippen LogP contribution in [0.25, 0.3) is 17.4 Å². The summed E-state index contributed by atoms with van der Waals surface area (Å²) >= 11 is 1.23. The van der Waals surface area contributed by atoms with Crippen LogP contribution in [-0.2, 0) is 14.3 Å². The number of ether oxygens (including phenoxy) is 2. The molecule has 4 aromatic rings. The fraction of sp³-hybridized carbons (Fsp3) is 0.250. The average molecular weight is 571 g/mol. The Morgan fingerprint density at radius 1 is 1.00 bits per heavy atom. The summed E-state index contributed by atoms with van der Waals surface area (Å²) in [5.41, 5.74) is 4.63. The van der Waals surface area contributed by atoms with E-state index in [9.17, 15) is 14.4 Å². The summed E-state index contributed by atoms with van der Waals surface area (Å²) in [5, 5.41) is 0. The molecule has 1 atom stereocenters. The predicted molar refractivity (Wildman–Crippen MR) is 157 cm³/mol. The van der Waals surface area contributed by atoms with Gasteiger partial charge in [-0.15, -0.1) is 0 Å². The van der Waals surface area contributed by atoms with Crippen LogP contribution >= 0.6 is 11.3 Å². The highest BCUT2D eigenvalue weighted by Gasteiger charge is 2.33. The summed E-state index contributed by atoms with van der Waals surface area (Å²) in [7, 11) is 2.67. The second kappa shape index (κ2) is 11.2. The first-order chi connectivity index (χ1) is 19.6. The number of methoxy groups -OCH3 is 2. The fourth-order valence-electron chi connectivity index (χ4n) is 4.96. The smallest absolute Gasteiger partial charge is 0.338 e. The number of allylic oxidation sites excluding steroid dienone is 1. The quantitative estimate of drug-likeness (QED) is 0.306. The maximum absolute atomic E-state index is 13.8. The molecule has 0 N–H and O–H groups in total. The van der Waals surface area contributed by atoms with Gasteiger partial charge >= 0.3 is 11.9 Å². The van der Waals surface area contributed by atoms with Crippen LogP contribution in [0.2, 0.25) is 0 Å². The van der Waals surface area contributed by atoms with E-state index in [-0.39, 0.29) is 5.56 Å². The van der Waals surface area contributed by atoms with E-state index in [0.717, 1.165) is 22.3 Å². The molecular weight excluding hydrogens is 540 g/mol. The van der Waals surface area contributed by atoms with Gasteiger partial charge in [0.05, 0.1) is 41.6 Å². The summed E-state index contributed by atoms with van der Waals surface area (Å²) in [6, 6.07) is 16.1. The van der Waals surface area contributed by atoms with Gasteiger partial charge in [-0.1, -0.05) is 55.5 Å². The Morgan fingerprint density at radius 3 is 2.34 bits per heavy atom. The Kier molecular flexibility index (Phi) is 7.64. The molecule has 9 heteroatoms. The first kappa shape index (κ1) is 28.0. The number of aromatic nitrogens is 1. The number of rotatable bonds is 6. The third-order valence-corrected chi connectivity index (χ3v) is 8.14. The summed E-state index contributed by atoms with van der Waals surface area (Å²) < 4.78 is 18.0. The number of thiazole rings is 1. The zero-order valence-corrected chi connectivity index (χ0v) is 24.5. The van der Waals surface area contributed by atoms with Crippen LogP contribution in [0.15, 0.2) is 80.1 Å². The fourth-order valence-corrected chi connectivity index (χ4v) is 5.99. The molecule has 1 aliphatic heterocycles. The zero-order valence-electron chi connectivity index (χ0n) is 23.7. The predicted octanol–water partition coefficient (Wildman–Crippen LogP) is 4.89. The summed E-state index contributed by atoms with van der Waals surface area (Å²) in [6.07, 6.45) is 1.68. The van der Waals surface area contributed by atoms with E-state index in [1.807, 2.05) is 37.3 Å². The Bertz CT molecular complexity index is 1870. The number of benzene rings is 2. The largest absolute Gasteiger partial charge is 0.466 e. The Morgan fingerprint density at radius 2 is 1.71 bits per heavy atom. The summed E-state index contributed by atoms with van der Waals surface area (Å²) in [4.78, 5) is 43.7. The normalized spacial score (nSPS) is 15.1. The van der Waals surface area contributed by atoms with Gasteiger partial charge in [-0.3, -0.25) is 9.36 Å². The molecule has 1 aliphatic rings. The molecule has 0 bridgehead atoms. The van der Waals surface area contributed by atoms with Crippen molar-refractivity contribution < 1.29 is 23.5 Å². The van der Waals surface area contributed by atoms with Crippen molar-refractivity contribution in [2.75, 3.05) is 14.2 Å². The molecule has 8 nitrogen and oxygen atoms in total. The van der Waals surface area contributed by atoms with Crippen LogP contribution in [0, 0.1) is 6.92 Å². The second-order valence-corrected chi connectivity index (χ2v) is 11.1. The number of fused-ring (bicyclic) bond motifs is 1. The molecule has 0 fully saturated rings. The molecule has 5 rings (SSSR count). The first-order valence-corrected chi connectivity index (χ1v) is 13.9. The standard InChI is InChI=1S/C32H30N2O6S/c1-17(2)20-7-9-21(10-8-20)28-27(31(37)39-6)19(4)33-32-34(28)29(35)26(41-32)16-23-12-14-25(40-23)24-13-11-22(15-18(24)3)30(36)38-5/h7-17,28H,1-6H3. The van der Waals surface area contributed by atoms with Gasteiger partial charge in [-0.05, 0) is 60.7 Å². The molecular formula is C32H30N2O6S. The molecule has 0 amide bonds. The van der Waals surface area contributed by atoms with E-state index < -0.39 is 18.0 Å². The maximum atomic E-state index is 13.8. The van der Waals surface area contributed by atoms with Crippen LogP contribution in [0.4, 0.5) is 0 Å². The van der Waals surface area contributed by atoms with Gasteiger partial charge in [0.25, 0.3) is 5.56 Å². The van der Waals surface area contributed by atoms with Crippen molar-refractivity contribution in [2.24, 2.45) is 4.99 Å². The Hall–Kier alpha value is -4.50. The SMILES string of the molecule is COC(=O)C1=C(C)N=c2sc(=Cc3ccc(-c4ccc(C(=O)OC)cc4C)o3)c(=O)n2C1c1ccc(C(C)C)cc1. The lowest BCUT2D eigenvalue weighted by Gasteiger charge is -2.24. The molecule has 210 valence electrons. The molecule has 3 heterocycles. The molecule has 0 aliphatic carbocycles. The molecule has 1 unspecified atom stereocenters. The number of nitrogens with zero attached hydrogens (tertiary/aromatic N) is 2. The third kappa shape index (κ3) is 5.20. The minimum Gasteiger partial charge on any atom is -0.466 e. The molecule has 0 saturated carbocycles. The highest BCUT2D eigenvalue weighted by atomic mass is 32.1. The van der Waals surface area contributed by atoms with Crippen molar-refractivity contribution in [3.8, 4) is 11.3 Å². The lowest BCUT2D eigenvalue weighted by Crippen LogP contribution is -2.39. The number of carbonyl (C=O) groups excluding carboxylic acids is 2. The Labute approximate surface area is 240 Å². The molecule has 0 saturated heterocycles. The van der Waals surface area contributed by atoms with Crippen LogP contribution in [0.3, 0.4) is 0 Å². The van der Waals surface area contributed by atoms with Crippen molar-refractivity contribution in [2.45, 2.75) is 39.7 Å². The Balaban J connectivity index is 1.58. The number of hydrogen-bond acceptors (Lipinski definition) is 8. The van der Waals surface area contributed by atoms with Crippen molar-refractivity contribution >= 4 is 29.4 Å².